The van der Waals surface area contributed by atoms with Crippen molar-refractivity contribution >= 4 is 18.9 Å². The summed E-state index contributed by atoms with van der Waals surface area (Å²) in [4.78, 5) is 10.8. The van der Waals surface area contributed by atoms with Crippen molar-refractivity contribution in [2.45, 2.75) is 25.9 Å². The summed E-state index contributed by atoms with van der Waals surface area (Å²) in [5.74, 6) is -0.305. The van der Waals surface area contributed by atoms with Crippen LogP contribution in [0.25, 0.3) is 0 Å². The Morgan fingerprint density at radius 2 is 2.25 bits per heavy atom. The number of aliphatic hydroxyl groups excluding tert-OH is 1. The van der Waals surface area contributed by atoms with E-state index in [1.807, 2.05) is 6.92 Å². The van der Waals surface area contributed by atoms with E-state index >= 15 is 0 Å². The second-order valence-corrected chi connectivity index (χ2v) is 2.61. The van der Waals surface area contributed by atoms with Crippen LogP contribution in [0.4, 0.5) is 0 Å². The first-order valence-corrected chi connectivity index (χ1v) is 4.12. The normalized spacial score (nSPS) is 12.6. The van der Waals surface area contributed by atoms with Gasteiger partial charge in [0.15, 0.2) is 0 Å². The highest BCUT2D eigenvalue weighted by molar-refractivity contribution is 7.75. The number of hydrogen-bond acceptors (Lipinski definition) is 4. The molecule has 0 spiro atoms. The lowest BCUT2D eigenvalue weighted by Crippen LogP contribution is -2.22. The molecule has 4 nitrogen and oxygen atoms in total. The van der Waals surface area contributed by atoms with Crippen LogP contribution < -0.4 is 0 Å². The lowest BCUT2D eigenvalue weighted by Gasteiger charge is -2.08. The Kier molecular flexibility index (Phi) is 7.23. The molecule has 0 bridgehead atoms. The van der Waals surface area contributed by atoms with Gasteiger partial charge in [0.25, 0.3) is 0 Å². The molecular weight excluding hydrogens is 180 g/mol. The number of carbonyl (C=O) groups is 1. The maximum atomic E-state index is 10.8. The van der Waals surface area contributed by atoms with Crippen LogP contribution in [-0.4, -0.2) is 30.4 Å². The van der Waals surface area contributed by atoms with Crippen molar-refractivity contribution < 1.29 is 18.8 Å². The maximum Gasteiger partial charge on any atom is 0.305 e. The van der Waals surface area contributed by atoms with Gasteiger partial charge in [-0.05, 0) is 6.42 Å². The van der Waals surface area contributed by atoms with Crippen LogP contribution in [-0.2, 0) is 13.7 Å². The molecule has 0 rings (SSSR count). The zero-order valence-electron chi connectivity index (χ0n) is 6.99. The van der Waals surface area contributed by atoms with Crippen LogP contribution in [0.15, 0.2) is 0 Å². The molecule has 0 aromatic carbocycles. The van der Waals surface area contributed by atoms with Crippen LogP contribution in [0.3, 0.4) is 0 Å². The first-order chi connectivity index (χ1) is 5.70. The number of ether oxygens (including phenoxy) is 1. The monoisotopic (exact) mass is 193 g/mol. The molecule has 1 radical (unpaired) electrons. The van der Waals surface area contributed by atoms with Crippen molar-refractivity contribution in [3.63, 3.8) is 0 Å². The topological polar surface area (TPSA) is 55.8 Å². The Hall–Kier alpha value is -0.260. The molecule has 0 aromatic heterocycles. The molecule has 0 aliphatic rings. The Morgan fingerprint density at radius 3 is 2.75 bits per heavy atom. The molecule has 0 heterocycles. The Bertz CT molecular complexity index is 129. The molecule has 0 fully saturated rings. The minimum absolute atomic E-state index is 0.00867. The maximum absolute atomic E-state index is 10.8. The molecule has 0 aliphatic carbocycles. The standard InChI is InChI=1S/C7H13O4S/c1-2-3-7(9)10-4-6(8)5-11-12/h6,8H,2-5H2,1H3. The summed E-state index contributed by atoms with van der Waals surface area (Å²) >= 11 is 4.16. The molecule has 0 saturated heterocycles. The summed E-state index contributed by atoms with van der Waals surface area (Å²) in [6.45, 7) is 1.84. The average Bonchev–Trinajstić information content (AvgIpc) is 2.02. The molecular formula is C7H13O4S. The summed E-state index contributed by atoms with van der Waals surface area (Å²) in [7, 11) is 0. The van der Waals surface area contributed by atoms with Gasteiger partial charge in [-0.2, -0.15) is 0 Å². The number of esters is 1. The van der Waals surface area contributed by atoms with Crippen LogP contribution in [0, 0.1) is 0 Å². The van der Waals surface area contributed by atoms with Crippen molar-refractivity contribution in [3.8, 4) is 0 Å². The van der Waals surface area contributed by atoms with Gasteiger partial charge in [0.1, 0.15) is 12.7 Å². The zero-order valence-corrected chi connectivity index (χ0v) is 7.80. The first-order valence-electron chi connectivity index (χ1n) is 3.79. The molecule has 5 heteroatoms. The van der Waals surface area contributed by atoms with E-state index in [1.165, 1.54) is 0 Å². The third kappa shape index (κ3) is 6.45. The van der Waals surface area contributed by atoms with Crippen molar-refractivity contribution in [1.29, 1.82) is 0 Å². The van der Waals surface area contributed by atoms with Crippen molar-refractivity contribution in [3.05, 3.63) is 0 Å². The van der Waals surface area contributed by atoms with E-state index in [0.717, 1.165) is 6.42 Å². The Labute approximate surface area is 77.5 Å². The number of aliphatic hydroxyl groups is 1. The van der Waals surface area contributed by atoms with E-state index < -0.39 is 6.10 Å². The zero-order chi connectivity index (χ0) is 9.40. The molecule has 0 amide bonds. The van der Waals surface area contributed by atoms with Gasteiger partial charge < -0.3 is 14.0 Å². The van der Waals surface area contributed by atoms with Gasteiger partial charge in [-0.25, -0.2) is 0 Å². The Balaban J connectivity index is 3.33. The lowest BCUT2D eigenvalue weighted by atomic mass is 10.3. The van der Waals surface area contributed by atoms with Gasteiger partial charge in [-0.1, -0.05) is 6.92 Å². The third-order valence-corrected chi connectivity index (χ3v) is 1.29. The fourth-order valence-corrected chi connectivity index (χ4v) is 0.749. The number of rotatable bonds is 6. The largest absolute Gasteiger partial charge is 0.463 e. The van der Waals surface area contributed by atoms with Gasteiger partial charge in [0.2, 0.25) is 0 Å². The Morgan fingerprint density at radius 1 is 1.58 bits per heavy atom. The molecule has 1 atom stereocenters. The summed E-state index contributed by atoms with van der Waals surface area (Å²) in [6.07, 6.45) is 0.303. The predicted octanol–water partition coefficient (Wildman–Crippen LogP) is 0.820. The fourth-order valence-electron chi connectivity index (χ4n) is 0.592. The van der Waals surface area contributed by atoms with Crippen molar-refractivity contribution in [2.24, 2.45) is 0 Å². The summed E-state index contributed by atoms with van der Waals surface area (Å²) in [5, 5.41) is 9.00. The van der Waals surface area contributed by atoms with E-state index in [0.29, 0.717) is 6.42 Å². The highest BCUT2D eigenvalue weighted by atomic mass is 32.1. The molecule has 1 N–H and O–H groups in total. The smallest absolute Gasteiger partial charge is 0.305 e. The molecule has 1 unspecified atom stereocenters. The third-order valence-electron chi connectivity index (χ3n) is 1.15. The first kappa shape index (κ1) is 11.7. The van der Waals surface area contributed by atoms with E-state index in [4.69, 9.17) is 5.11 Å². The van der Waals surface area contributed by atoms with E-state index in [-0.39, 0.29) is 19.2 Å². The molecule has 71 valence electrons. The molecule has 0 aromatic rings. The second-order valence-electron chi connectivity index (χ2n) is 2.37. The quantitative estimate of drug-likeness (QED) is 0.634. The van der Waals surface area contributed by atoms with Crippen LogP contribution in [0.5, 0.6) is 0 Å². The number of carbonyl (C=O) groups excluding carboxylic acids is 1. The summed E-state index contributed by atoms with van der Waals surface area (Å²) < 4.78 is 8.92. The van der Waals surface area contributed by atoms with E-state index in [1.54, 1.807) is 0 Å². The summed E-state index contributed by atoms with van der Waals surface area (Å²) in [5.41, 5.74) is 0. The van der Waals surface area contributed by atoms with Crippen LogP contribution >= 0.6 is 12.9 Å². The van der Waals surface area contributed by atoms with E-state index in [9.17, 15) is 4.79 Å². The van der Waals surface area contributed by atoms with Crippen molar-refractivity contribution in [2.75, 3.05) is 13.2 Å². The van der Waals surface area contributed by atoms with Crippen LogP contribution in [0.2, 0.25) is 0 Å². The highest BCUT2D eigenvalue weighted by Crippen LogP contribution is 1.94. The SMILES string of the molecule is CCCC(=O)OCC(O)CO[S]. The van der Waals surface area contributed by atoms with Gasteiger partial charge in [-0.15, -0.1) is 0 Å². The highest BCUT2D eigenvalue weighted by Gasteiger charge is 2.07. The summed E-state index contributed by atoms with van der Waals surface area (Å²) in [6, 6.07) is 0. The fraction of sp³-hybridized carbons (Fsp3) is 0.857. The minimum Gasteiger partial charge on any atom is -0.463 e. The van der Waals surface area contributed by atoms with Gasteiger partial charge in [0, 0.05) is 6.42 Å². The van der Waals surface area contributed by atoms with Crippen molar-refractivity contribution in [1.82, 2.24) is 0 Å². The van der Waals surface area contributed by atoms with Crippen LogP contribution in [0.1, 0.15) is 19.8 Å². The molecule has 12 heavy (non-hydrogen) atoms. The molecule has 0 saturated carbocycles. The van der Waals surface area contributed by atoms with Gasteiger partial charge in [-0.3, -0.25) is 4.79 Å². The second kappa shape index (κ2) is 7.39. The lowest BCUT2D eigenvalue weighted by molar-refractivity contribution is -0.147. The number of hydrogen-bond donors (Lipinski definition) is 1. The van der Waals surface area contributed by atoms with Gasteiger partial charge in [0.05, 0.1) is 19.5 Å². The molecule has 0 aliphatic heterocycles. The minimum atomic E-state index is -0.816. The average molecular weight is 193 g/mol. The van der Waals surface area contributed by atoms with E-state index in [2.05, 4.69) is 21.8 Å². The van der Waals surface area contributed by atoms with Gasteiger partial charge >= 0.3 is 5.97 Å². The predicted molar refractivity (Wildman–Crippen MR) is 45.4 cm³/mol.